The molecular formula is C18H18ClF2N3O3. The van der Waals surface area contributed by atoms with Gasteiger partial charge in [-0.25, -0.2) is 13.6 Å². The van der Waals surface area contributed by atoms with Crippen LogP contribution in [-0.2, 0) is 0 Å². The number of carbonyl (C=O) groups is 1. The number of nitrogens with zero attached hydrogens (tertiary/aromatic N) is 3. The number of benzene rings is 1. The summed E-state index contributed by atoms with van der Waals surface area (Å²) in [6, 6.07) is -0.123. The van der Waals surface area contributed by atoms with Crippen LogP contribution in [-0.4, -0.2) is 53.8 Å². The summed E-state index contributed by atoms with van der Waals surface area (Å²) in [5.41, 5.74) is -1.88. The van der Waals surface area contributed by atoms with Crippen LogP contribution in [0.5, 0.6) is 0 Å². The van der Waals surface area contributed by atoms with Gasteiger partial charge in [0.25, 0.3) is 0 Å². The SMILES string of the molecule is CN1CCN(c2c(F)c(Cl)c3c(=O)c(C(=O)O)cn(C4CC4)c3c2F)CC1. The summed E-state index contributed by atoms with van der Waals surface area (Å²) in [6.07, 6.45) is 2.61. The molecule has 27 heavy (non-hydrogen) atoms. The quantitative estimate of drug-likeness (QED) is 0.807. The Balaban J connectivity index is 2.03. The molecular weight excluding hydrogens is 380 g/mol. The van der Waals surface area contributed by atoms with Crippen molar-refractivity contribution in [3.63, 3.8) is 0 Å². The standard InChI is InChI=1S/C18H18ClF2N3O3/c1-22-4-6-23(7-5-22)16-13(20)12(19)11-15(14(16)21)24(9-2-3-9)8-10(17(11)25)18(26)27/h8-9H,2-7H2,1H3,(H,26,27). The van der Waals surface area contributed by atoms with Crippen molar-refractivity contribution in [1.82, 2.24) is 9.47 Å². The predicted molar refractivity (Wildman–Crippen MR) is 98.1 cm³/mol. The molecule has 0 bridgehead atoms. The lowest BCUT2D eigenvalue weighted by molar-refractivity contribution is 0.0695. The number of piperazine rings is 1. The molecule has 0 spiro atoms. The first-order chi connectivity index (χ1) is 12.8. The van der Waals surface area contributed by atoms with Gasteiger partial charge in [-0.15, -0.1) is 0 Å². The van der Waals surface area contributed by atoms with Crippen LogP contribution in [0.1, 0.15) is 29.2 Å². The molecule has 1 N–H and O–H groups in total. The lowest BCUT2D eigenvalue weighted by atomic mass is 10.1. The van der Waals surface area contributed by atoms with E-state index in [2.05, 4.69) is 0 Å². The Morgan fingerprint density at radius 1 is 1.19 bits per heavy atom. The Bertz CT molecular complexity index is 1010. The highest BCUT2D eigenvalue weighted by atomic mass is 35.5. The van der Waals surface area contributed by atoms with Crippen molar-refractivity contribution in [2.24, 2.45) is 0 Å². The number of rotatable bonds is 3. The van der Waals surface area contributed by atoms with Crippen molar-refractivity contribution in [3.8, 4) is 0 Å². The van der Waals surface area contributed by atoms with E-state index in [-0.39, 0.29) is 17.2 Å². The Morgan fingerprint density at radius 2 is 1.81 bits per heavy atom. The molecule has 2 fully saturated rings. The molecule has 1 aromatic heterocycles. The number of hydrogen-bond acceptors (Lipinski definition) is 4. The van der Waals surface area contributed by atoms with Crippen molar-refractivity contribution >= 4 is 34.2 Å². The Kier molecular flexibility index (Phi) is 4.35. The fourth-order valence-corrected chi connectivity index (χ4v) is 3.85. The van der Waals surface area contributed by atoms with Crippen molar-refractivity contribution in [2.45, 2.75) is 18.9 Å². The number of pyridine rings is 1. The lowest BCUT2D eigenvalue weighted by Crippen LogP contribution is -2.45. The number of halogens is 3. The maximum absolute atomic E-state index is 15.5. The van der Waals surface area contributed by atoms with E-state index in [4.69, 9.17) is 11.6 Å². The second-order valence-electron chi connectivity index (χ2n) is 7.12. The van der Waals surface area contributed by atoms with Gasteiger partial charge in [-0.05, 0) is 19.9 Å². The van der Waals surface area contributed by atoms with Crippen LogP contribution in [0.2, 0.25) is 5.02 Å². The molecule has 0 atom stereocenters. The number of likely N-dealkylation sites (N-methyl/N-ethyl adjacent to an activating group) is 1. The summed E-state index contributed by atoms with van der Waals surface area (Å²) in [4.78, 5) is 27.7. The van der Waals surface area contributed by atoms with Gasteiger partial charge in [-0.2, -0.15) is 0 Å². The molecule has 1 saturated heterocycles. The van der Waals surface area contributed by atoms with Gasteiger partial charge in [0.05, 0.1) is 15.9 Å². The number of hydrogen-bond donors (Lipinski definition) is 1. The second-order valence-corrected chi connectivity index (χ2v) is 7.50. The minimum Gasteiger partial charge on any atom is -0.477 e. The summed E-state index contributed by atoms with van der Waals surface area (Å²) >= 11 is 6.15. The molecule has 2 heterocycles. The highest BCUT2D eigenvalue weighted by Gasteiger charge is 2.33. The van der Waals surface area contributed by atoms with Crippen LogP contribution in [0.4, 0.5) is 14.5 Å². The van der Waals surface area contributed by atoms with Gasteiger partial charge in [0.15, 0.2) is 11.6 Å². The zero-order valence-corrected chi connectivity index (χ0v) is 15.4. The van der Waals surface area contributed by atoms with E-state index < -0.39 is 39.0 Å². The fourth-order valence-electron chi connectivity index (χ4n) is 3.58. The first kappa shape index (κ1) is 18.2. The van der Waals surface area contributed by atoms with E-state index in [0.717, 1.165) is 19.0 Å². The molecule has 1 saturated carbocycles. The zero-order valence-electron chi connectivity index (χ0n) is 14.6. The van der Waals surface area contributed by atoms with Crippen molar-refractivity contribution < 1.29 is 18.7 Å². The van der Waals surface area contributed by atoms with E-state index >= 15 is 8.78 Å². The van der Waals surface area contributed by atoms with Crippen LogP contribution in [0, 0.1) is 11.6 Å². The molecule has 1 aliphatic carbocycles. The number of aromatic carboxylic acids is 1. The van der Waals surface area contributed by atoms with Gasteiger partial charge in [0.1, 0.15) is 11.3 Å². The van der Waals surface area contributed by atoms with Crippen molar-refractivity contribution in [1.29, 1.82) is 0 Å². The summed E-state index contributed by atoms with van der Waals surface area (Å²) in [5, 5.41) is 8.38. The van der Waals surface area contributed by atoms with Crippen LogP contribution in [0.25, 0.3) is 10.9 Å². The van der Waals surface area contributed by atoms with E-state index in [1.54, 1.807) is 4.90 Å². The zero-order chi connectivity index (χ0) is 19.5. The molecule has 144 valence electrons. The number of carboxylic acid groups (broad SMARTS) is 1. The van der Waals surface area contributed by atoms with Crippen molar-refractivity contribution in [2.75, 3.05) is 38.1 Å². The van der Waals surface area contributed by atoms with Gasteiger partial charge in [-0.1, -0.05) is 11.6 Å². The average Bonchev–Trinajstić information content (AvgIpc) is 3.46. The third kappa shape index (κ3) is 2.87. The molecule has 0 unspecified atom stereocenters. The van der Waals surface area contributed by atoms with Gasteiger partial charge < -0.3 is 19.5 Å². The minimum absolute atomic E-state index is 0.118. The van der Waals surface area contributed by atoms with Crippen LogP contribution < -0.4 is 10.3 Å². The van der Waals surface area contributed by atoms with E-state index in [1.165, 1.54) is 4.57 Å². The van der Waals surface area contributed by atoms with E-state index in [9.17, 15) is 14.7 Å². The smallest absolute Gasteiger partial charge is 0.341 e. The normalized spacial score (nSPS) is 18.3. The molecule has 9 heteroatoms. The largest absolute Gasteiger partial charge is 0.477 e. The molecule has 0 radical (unpaired) electrons. The maximum Gasteiger partial charge on any atom is 0.341 e. The van der Waals surface area contributed by atoms with Crippen LogP contribution >= 0.6 is 11.6 Å². The maximum atomic E-state index is 15.5. The molecule has 0 amide bonds. The Labute approximate surface area is 158 Å². The van der Waals surface area contributed by atoms with E-state index in [0.29, 0.717) is 26.2 Å². The number of carboxylic acids is 1. The first-order valence-corrected chi connectivity index (χ1v) is 9.11. The monoisotopic (exact) mass is 397 g/mol. The number of anilines is 1. The Morgan fingerprint density at radius 3 is 2.37 bits per heavy atom. The molecule has 2 aromatic rings. The van der Waals surface area contributed by atoms with Crippen LogP contribution in [0.15, 0.2) is 11.0 Å². The molecule has 6 nitrogen and oxygen atoms in total. The third-order valence-corrected chi connectivity index (χ3v) is 5.62. The lowest BCUT2D eigenvalue weighted by Gasteiger charge is -2.34. The topological polar surface area (TPSA) is 65.8 Å². The fraction of sp³-hybridized carbons (Fsp3) is 0.444. The Hall–Kier alpha value is -2.19. The molecule has 4 rings (SSSR count). The highest BCUT2D eigenvalue weighted by molar-refractivity contribution is 6.36. The summed E-state index contributed by atoms with van der Waals surface area (Å²) in [7, 11) is 1.93. The summed E-state index contributed by atoms with van der Waals surface area (Å²) in [6.45, 7) is 2.13. The van der Waals surface area contributed by atoms with Gasteiger partial charge in [0.2, 0.25) is 5.43 Å². The van der Waals surface area contributed by atoms with Gasteiger partial charge in [-0.3, -0.25) is 4.79 Å². The third-order valence-electron chi connectivity index (χ3n) is 5.26. The van der Waals surface area contributed by atoms with Crippen LogP contribution in [0.3, 0.4) is 0 Å². The number of aromatic nitrogens is 1. The average molecular weight is 398 g/mol. The molecule has 2 aliphatic rings. The summed E-state index contributed by atoms with van der Waals surface area (Å²) < 4.78 is 31.9. The van der Waals surface area contributed by atoms with Gasteiger partial charge in [0, 0.05) is 38.4 Å². The molecule has 1 aliphatic heterocycles. The summed E-state index contributed by atoms with van der Waals surface area (Å²) in [5.74, 6) is -3.33. The van der Waals surface area contributed by atoms with E-state index in [1.807, 2.05) is 11.9 Å². The highest BCUT2D eigenvalue weighted by Crippen LogP contribution is 2.42. The first-order valence-electron chi connectivity index (χ1n) is 8.73. The minimum atomic E-state index is -1.45. The predicted octanol–water partition coefficient (Wildman–Crippen LogP) is 2.72. The van der Waals surface area contributed by atoms with Gasteiger partial charge >= 0.3 is 5.97 Å². The second kappa shape index (κ2) is 6.45. The van der Waals surface area contributed by atoms with Crippen molar-refractivity contribution in [3.05, 3.63) is 38.6 Å². The molecule has 1 aromatic carbocycles. The number of fused-ring (bicyclic) bond motifs is 1.